The molecule has 2 nitrogen and oxygen atoms in total. The van der Waals surface area contributed by atoms with E-state index in [4.69, 9.17) is 0 Å². The predicted molar refractivity (Wildman–Crippen MR) is 85.9 cm³/mol. The van der Waals surface area contributed by atoms with Gasteiger partial charge in [0.05, 0.1) is 0 Å². The van der Waals surface area contributed by atoms with Gasteiger partial charge in [-0.25, -0.2) is 0 Å². The number of hydrogen-bond acceptors (Lipinski definition) is 2. The Morgan fingerprint density at radius 1 is 0.850 bits per heavy atom. The lowest BCUT2D eigenvalue weighted by Crippen LogP contribution is -2.17. The minimum absolute atomic E-state index is 0.259. The highest BCUT2D eigenvalue weighted by Gasteiger charge is 2.19. The Kier molecular flexibility index (Phi) is 9.79. The summed E-state index contributed by atoms with van der Waals surface area (Å²) in [6.45, 7) is 11.1. The average molecular weight is 282 g/mol. The van der Waals surface area contributed by atoms with Crippen molar-refractivity contribution in [3.63, 3.8) is 0 Å². The Morgan fingerprint density at radius 2 is 1.35 bits per heavy atom. The molecule has 0 fully saturated rings. The van der Waals surface area contributed by atoms with Gasteiger partial charge in [0, 0.05) is 25.7 Å². The van der Waals surface area contributed by atoms with E-state index in [0.29, 0.717) is 37.0 Å². The van der Waals surface area contributed by atoms with Crippen molar-refractivity contribution in [3.05, 3.63) is 0 Å². The van der Waals surface area contributed by atoms with Gasteiger partial charge >= 0.3 is 0 Å². The van der Waals surface area contributed by atoms with Crippen LogP contribution < -0.4 is 0 Å². The molecule has 0 saturated heterocycles. The summed E-state index contributed by atoms with van der Waals surface area (Å²) in [7, 11) is 0. The van der Waals surface area contributed by atoms with Gasteiger partial charge in [0.2, 0.25) is 0 Å². The number of hydrogen-bond donors (Lipinski definition) is 0. The molecule has 1 unspecified atom stereocenters. The number of ketones is 2. The van der Waals surface area contributed by atoms with E-state index in [9.17, 15) is 9.59 Å². The summed E-state index contributed by atoms with van der Waals surface area (Å²) in [5.41, 5.74) is 0.318. The lowest BCUT2D eigenvalue weighted by molar-refractivity contribution is -0.124. The third-order valence-electron chi connectivity index (χ3n) is 4.31. The monoisotopic (exact) mass is 282 g/mol. The zero-order valence-electron chi connectivity index (χ0n) is 14.3. The largest absolute Gasteiger partial charge is 0.300 e. The van der Waals surface area contributed by atoms with Crippen LogP contribution in [0.15, 0.2) is 0 Å². The number of carbonyl (C=O) groups is 2. The first-order valence-corrected chi connectivity index (χ1v) is 8.30. The zero-order chi connectivity index (χ0) is 15.6. The van der Waals surface area contributed by atoms with Gasteiger partial charge in [-0.15, -0.1) is 0 Å². The summed E-state index contributed by atoms with van der Waals surface area (Å²) in [6, 6.07) is 0. The Labute approximate surface area is 125 Å². The van der Waals surface area contributed by atoms with Crippen molar-refractivity contribution in [1.29, 1.82) is 0 Å². The van der Waals surface area contributed by atoms with Crippen LogP contribution in [0.5, 0.6) is 0 Å². The molecular formula is C18H34O2. The lowest BCUT2D eigenvalue weighted by Gasteiger charge is -2.27. The van der Waals surface area contributed by atoms with Gasteiger partial charge in [-0.3, -0.25) is 9.59 Å². The summed E-state index contributed by atoms with van der Waals surface area (Å²) in [5.74, 6) is 1.15. The summed E-state index contributed by atoms with van der Waals surface area (Å²) in [5, 5.41) is 0. The van der Waals surface area contributed by atoms with E-state index >= 15 is 0 Å². The van der Waals surface area contributed by atoms with Crippen LogP contribution in [0.4, 0.5) is 0 Å². The fourth-order valence-corrected chi connectivity index (χ4v) is 2.14. The molecule has 0 aromatic heterocycles. The van der Waals surface area contributed by atoms with Crippen molar-refractivity contribution >= 4 is 11.6 Å². The predicted octanol–water partition coefficient (Wildman–Crippen LogP) is 5.34. The first-order chi connectivity index (χ1) is 9.27. The van der Waals surface area contributed by atoms with E-state index in [0.717, 1.165) is 32.1 Å². The molecule has 0 bridgehead atoms. The topological polar surface area (TPSA) is 34.1 Å². The van der Waals surface area contributed by atoms with E-state index in [2.05, 4.69) is 34.6 Å². The third kappa shape index (κ3) is 10.2. The van der Waals surface area contributed by atoms with Gasteiger partial charge in [-0.1, -0.05) is 47.5 Å². The fraction of sp³-hybridized carbons (Fsp3) is 0.889. The molecule has 0 rings (SSSR count). The Hall–Kier alpha value is -0.660. The van der Waals surface area contributed by atoms with Gasteiger partial charge < -0.3 is 0 Å². The Bertz CT molecular complexity index is 286. The van der Waals surface area contributed by atoms with Gasteiger partial charge in [0.25, 0.3) is 0 Å². The molecule has 118 valence electrons. The fourth-order valence-electron chi connectivity index (χ4n) is 2.14. The van der Waals surface area contributed by atoms with Crippen LogP contribution in [-0.2, 0) is 9.59 Å². The first kappa shape index (κ1) is 19.3. The van der Waals surface area contributed by atoms with Crippen LogP contribution in [0.2, 0.25) is 0 Å². The van der Waals surface area contributed by atoms with Crippen molar-refractivity contribution < 1.29 is 9.59 Å². The molecule has 0 saturated carbocycles. The maximum absolute atomic E-state index is 11.8. The normalized spacial score (nSPS) is 13.2. The highest BCUT2D eigenvalue weighted by molar-refractivity contribution is 5.85. The summed E-state index contributed by atoms with van der Waals surface area (Å²) in [4.78, 5) is 23.3. The summed E-state index contributed by atoms with van der Waals surface area (Å²) >= 11 is 0. The zero-order valence-corrected chi connectivity index (χ0v) is 14.3. The molecule has 1 atom stereocenters. The minimum Gasteiger partial charge on any atom is -0.300 e. The van der Waals surface area contributed by atoms with Gasteiger partial charge in [0.15, 0.2) is 0 Å². The Morgan fingerprint density at radius 3 is 1.80 bits per heavy atom. The average Bonchev–Trinajstić information content (AvgIpc) is 2.35. The highest BCUT2D eigenvalue weighted by atomic mass is 16.1. The smallest absolute Gasteiger partial charge is 0.133 e. The van der Waals surface area contributed by atoms with Crippen molar-refractivity contribution in [2.45, 2.75) is 92.4 Å². The van der Waals surface area contributed by atoms with E-state index in [1.54, 1.807) is 0 Å². The Balaban J connectivity index is 3.67. The van der Waals surface area contributed by atoms with Crippen LogP contribution in [0.25, 0.3) is 0 Å². The molecule has 20 heavy (non-hydrogen) atoms. The molecule has 0 spiro atoms. The molecule has 0 aliphatic carbocycles. The van der Waals surface area contributed by atoms with E-state index in [1.807, 2.05) is 0 Å². The van der Waals surface area contributed by atoms with Crippen LogP contribution in [0, 0.1) is 11.3 Å². The van der Waals surface area contributed by atoms with E-state index < -0.39 is 0 Å². The second-order valence-electron chi connectivity index (χ2n) is 7.19. The molecule has 0 aliphatic rings. The first-order valence-electron chi connectivity index (χ1n) is 8.30. The van der Waals surface area contributed by atoms with Gasteiger partial charge in [-0.2, -0.15) is 0 Å². The van der Waals surface area contributed by atoms with Gasteiger partial charge in [-0.05, 0) is 30.6 Å². The molecule has 0 aliphatic heterocycles. The van der Waals surface area contributed by atoms with E-state index in [1.165, 1.54) is 0 Å². The van der Waals surface area contributed by atoms with Crippen molar-refractivity contribution in [2.75, 3.05) is 0 Å². The summed E-state index contributed by atoms with van der Waals surface area (Å²) < 4.78 is 0. The number of rotatable bonds is 11. The number of Topliss-reactive ketones (excluding diaryl/α,β-unsaturated/α-hetero) is 2. The molecular weight excluding hydrogens is 248 g/mol. The molecule has 2 heteroatoms. The second-order valence-corrected chi connectivity index (χ2v) is 7.19. The maximum Gasteiger partial charge on any atom is 0.133 e. The molecule has 0 aromatic carbocycles. The number of unbranched alkanes of at least 4 members (excludes halogenated alkanes) is 2. The van der Waals surface area contributed by atoms with Crippen molar-refractivity contribution in [1.82, 2.24) is 0 Å². The standard InChI is InChI=1S/C18H34O2/c1-6-7-8-11-16(19)13-14-17(20)12-9-10-15(2)18(3,4)5/h15H,6-14H2,1-5H3. The quantitative estimate of drug-likeness (QED) is 0.479. The van der Waals surface area contributed by atoms with Crippen LogP contribution >= 0.6 is 0 Å². The van der Waals surface area contributed by atoms with E-state index in [-0.39, 0.29) is 11.6 Å². The molecule has 0 N–H and O–H groups in total. The van der Waals surface area contributed by atoms with Crippen LogP contribution in [0.3, 0.4) is 0 Å². The molecule has 0 heterocycles. The van der Waals surface area contributed by atoms with Crippen molar-refractivity contribution in [3.8, 4) is 0 Å². The molecule has 0 aromatic rings. The minimum atomic E-state index is 0.259. The SMILES string of the molecule is CCCCCC(=O)CCC(=O)CCCC(C)C(C)(C)C. The van der Waals surface area contributed by atoms with Crippen LogP contribution in [-0.4, -0.2) is 11.6 Å². The summed E-state index contributed by atoms with van der Waals surface area (Å²) in [6.07, 6.45) is 7.49. The maximum atomic E-state index is 11.8. The molecule has 0 amide bonds. The van der Waals surface area contributed by atoms with Crippen LogP contribution in [0.1, 0.15) is 92.4 Å². The van der Waals surface area contributed by atoms with Gasteiger partial charge in [0.1, 0.15) is 11.6 Å². The molecule has 0 radical (unpaired) electrons. The third-order valence-corrected chi connectivity index (χ3v) is 4.31. The number of carbonyl (C=O) groups excluding carboxylic acids is 2. The van der Waals surface area contributed by atoms with Crippen molar-refractivity contribution in [2.24, 2.45) is 11.3 Å². The highest BCUT2D eigenvalue weighted by Crippen LogP contribution is 2.29. The lowest BCUT2D eigenvalue weighted by atomic mass is 9.79. The second kappa shape index (κ2) is 10.1.